The zero-order valence-electron chi connectivity index (χ0n) is 7.88. The van der Waals surface area contributed by atoms with E-state index in [0.29, 0.717) is 11.3 Å². The predicted octanol–water partition coefficient (Wildman–Crippen LogP) is 3.12. The molecule has 0 saturated heterocycles. The van der Waals surface area contributed by atoms with Crippen molar-refractivity contribution in [1.29, 1.82) is 0 Å². The minimum Gasteiger partial charge on any atom is -0.497 e. The number of halogens is 1. The summed E-state index contributed by atoms with van der Waals surface area (Å²) in [5, 5.41) is 0. The molecule has 2 heteroatoms. The molecule has 1 atom stereocenters. The van der Waals surface area contributed by atoms with Crippen LogP contribution >= 0.6 is 0 Å². The number of hydrogen-bond donors (Lipinski definition) is 0. The molecule has 1 aromatic carbocycles. The second-order valence-electron chi connectivity index (χ2n) is 2.91. The normalized spacial score (nSPS) is 12.2. The molecule has 1 unspecified atom stereocenters. The zero-order chi connectivity index (χ0) is 9.84. The van der Waals surface area contributed by atoms with Gasteiger partial charge in [-0.2, -0.15) is 0 Å². The van der Waals surface area contributed by atoms with Gasteiger partial charge in [-0.15, -0.1) is 6.58 Å². The van der Waals surface area contributed by atoms with Crippen LogP contribution in [0.25, 0.3) is 0 Å². The molecule has 0 amide bonds. The highest BCUT2D eigenvalue weighted by molar-refractivity contribution is 5.33. The van der Waals surface area contributed by atoms with Gasteiger partial charge in [0.2, 0.25) is 0 Å². The standard InChI is InChI=1S/C11H13FO/c1-4-8(2)10-7-9(13-3)5-6-11(10)12/h4-8H,1H2,2-3H3. The molecule has 0 saturated carbocycles. The second-order valence-corrected chi connectivity index (χ2v) is 2.91. The third kappa shape index (κ3) is 2.08. The number of allylic oxidation sites excluding steroid dienone is 1. The van der Waals surface area contributed by atoms with Gasteiger partial charge in [-0.05, 0) is 23.8 Å². The molecular weight excluding hydrogens is 167 g/mol. The first kappa shape index (κ1) is 9.78. The summed E-state index contributed by atoms with van der Waals surface area (Å²) in [6, 6.07) is 4.71. The number of methoxy groups -OCH3 is 1. The Morgan fingerprint density at radius 3 is 2.77 bits per heavy atom. The van der Waals surface area contributed by atoms with Crippen molar-refractivity contribution < 1.29 is 9.13 Å². The maximum Gasteiger partial charge on any atom is 0.127 e. The molecule has 0 N–H and O–H groups in total. The summed E-state index contributed by atoms with van der Waals surface area (Å²) in [7, 11) is 1.57. The molecule has 0 aliphatic carbocycles. The average Bonchev–Trinajstić information content (AvgIpc) is 2.17. The largest absolute Gasteiger partial charge is 0.497 e. The van der Waals surface area contributed by atoms with E-state index in [1.807, 2.05) is 6.92 Å². The third-order valence-corrected chi connectivity index (χ3v) is 2.05. The summed E-state index contributed by atoms with van der Waals surface area (Å²) >= 11 is 0. The molecule has 1 nitrogen and oxygen atoms in total. The zero-order valence-corrected chi connectivity index (χ0v) is 7.88. The van der Waals surface area contributed by atoms with Gasteiger partial charge in [-0.1, -0.05) is 13.0 Å². The summed E-state index contributed by atoms with van der Waals surface area (Å²) in [4.78, 5) is 0. The predicted molar refractivity (Wildman–Crippen MR) is 51.6 cm³/mol. The van der Waals surface area contributed by atoms with E-state index in [2.05, 4.69) is 6.58 Å². The Morgan fingerprint density at radius 2 is 2.23 bits per heavy atom. The fourth-order valence-electron chi connectivity index (χ4n) is 1.12. The van der Waals surface area contributed by atoms with Crippen molar-refractivity contribution in [2.24, 2.45) is 0 Å². The van der Waals surface area contributed by atoms with E-state index in [9.17, 15) is 4.39 Å². The van der Waals surface area contributed by atoms with Gasteiger partial charge in [0, 0.05) is 5.92 Å². The summed E-state index contributed by atoms with van der Waals surface area (Å²) in [5.41, 5.74) is 0.620. The fraction of sp³-hybridized carbons (Fsp3) is 0.273. The molecule has 0 radical (unpaired) electrons. The van der Waals surface area contributed by atoms with Gasteiger partial charge in [0.25, 0.3) is 0 Å². The molecule has 1 aromatic rings. The smallest absolute Gasteiger partial charge is 0.127 e. The van der Waals surface area contributed by atoms with Gasteiger partial charge in [-0.25, -0.2) is 4.39 Å². The Hall–Kier alpha value is -1.31. The highest BCUT2D eigenvalue weighted by Crippen LogP contribution is 2.24. The van der Waals surface area contributed by atoms with Crippen molar-refractivity contribution in [2.75, 3.05) is 7.11 Å². The summed E-state index contributed by atoms with van der Waals surface area (Å²) < 4.78 is 18.2. The molecular formula is C11H13FO. The van der Waals surface area contributed by atoms with E-state index in [1.165, 1.54) is 6.07 Å². The molecule has 0 heterocycles. The van der Waals surface area contributed by atoms with E-state index in [-0.39, 0.29) is 11.7 Å². The Kier molecular flexibility index (Phi) is 3.07. The van der Waals surface area contributed by atoms with Gasteiger partial charge in [0.15, 0.2) is 0 Å². The molecule has 0 aliphatic rings. The van der Waals surface area contributed by atoms with Crippen LogP contribution in [0.3, 0.4) is 0 Å². The highest BCUT2D eigenvalue weighted by Gasteiger charge is 2.08. The van der Waals surface area contributed by atoms with Crippen molar-refractivity contribution in [3.8, 4) is 5.75 Å². The van der Waals surface area contributed by atoms with Crippen molar-refractivity contribution in [1.82, 2.24) is 0 Å². The summed E-state index contributed by atoms with van der Waals surface area (Å²) in [6.07, 6.45) is 1.71. The lowest BCUT2D eigenvalue weighted by molar-refractivity contribution is 0.412. The molecule has 70 valence electrons. The SMILES string of the molecule is C=CC(C)c1cc(OC)ccc1F. The van der Waals surface area contributed by atoms with E-state index in [0.717, 1.165) is 0 Å². The molecule has 13 heavy (non-hydrogen) atoms. The van der Waals surface area contributed by atoms with E-state index < -0.39 is 0 Å². The molecule has 0 aromatic heterocycles. The van der Waals surface area contributed by atoms with E-state index >= 15 is 0 Å². The highest BCUT2D eigenvalue weighted by atomic mass is 19.1. The molecule has 1 rings (SSSR count). The molecule has 0 fully saturated rings. The lowest BCUT2D eigenvalue weighted by Gasteiger charge is -2.09. The first-order valence-corrected chi connectivity index (χ1v) is 4.15. The number of benzene rings is 1. The monoisotopic (exact) mass is 180 g/mol. The van der Waals surface area contributed by atoms with Crippen LogP contribution in [-0.2, 0) is 0 Å². The van der Waals surface area contributed by atoms with Gasteiger partial charge in [-0.3, -0.25) is 0 Å². The minimum absolute atomic E-state index is 0.00935. The van der Waals surface area contributed by atoms with Crippen molar-refractivity contribution in [3.05, 3.63) is 42.2 Å². The minimum atomic E-state index is -0.215. The lowest BCUT2D eigenvalue weighted by atomic mass is 10.0. The Balaban J connectivity index is 3.10. The van der Waals surface area contributed by atoms with E-state index in [1.54, 1.807) is 25.3 Å². The van der Waals surface area contributed by atoms with Gasteiger partial charge < -0.3 is 4.74 Å². The first-order valence-electron chi connectivity index (χ1n) is 4.15. The fourth-order valence-corrected chi connectivity index (χ4v) is 1.12. The lowest BCUT2D eigenvalue weighted by Crippen LogP contribution is -1.95. The van der Waals surface area contributed by atoms with E-state index in [4.69, 9.17) is 4.74 Å². The Labute approximate surface area is 77.8 Å². The van der Waals surface area contributed by atoms with Gasteiger partial charge in [0.05, 0.1) is 7.11 Å². The van der Waals surface area contributed by atoms with Crippen LogP contribution < -0.4 is 4.74 Å². The van der Waals surface area contributed by atoms with Crippen LogP contribution in [0.5, 0.6) is 5.75 Å². The van der Waals surface area contributed by atoms with Gasteiger partial charge in [0.1, 0.15) is 11.6 Å². The van der Waals surface area contributed by atoms with Crippen LogP contribution in [0, 0.1) is 5.82 Å². The van der Waals surface area contributed by atoms with Crippen molar-refractivity contribution in [3.63, 3.8) is 0 Å². The van der Waals surface area contributed by atoms with Crippen LogP contribution in [0.2, 0.25) is 0 Å². The number of hydrogen-bond acceptors (Lipinski definition) is 1. The van der Waals surface area contributed by atoms with Crippen LogP contribution in [0.4, 0.5) is 4.39 Å². The second kappa shape index (κ2) is 4.08. The first-order chi connectivity index (χ1) is 6.19. The van der Waals surface area contributed by atoms with Crippen molar-refractivity contribution in [2.45, 2.75) is 12.8 Å². The van der Waals surface area contributed by atoms with Crippen LogP contribution in [0.15, 0.2) is 30.9 Å². The maximum absolute atomic E-state index is 13.2. The number of ether oxygens (including phenoxy) is 1. The third-order valence-electron chi connectivity index (χ3n) is 2.05. The average molecular weight is 180 g/mol. The van der Waals surface area contributed by atoms with Crippen molar-refractivity contribution >= 4 is 0 Å². The maximum atomic E-state index is 13.2. The number of rotatable bonds is 3. The van der Waals surface area contributed by atoms with Crippen LogP contribution in [-0.4, -0.2) is 7.11 Å². The summed E-state index contributed by atoms with van der Waals surface area (Å²) in [5.74, 6) is 0.466. The molecule has 0 bridgehead atoms. The van der Waals surface area contributed by atoms with Gasteiger partial charge >= 0.3 is 0 Å². The van der Waals surface area contributed by atoms with Crippen LogP contribution in [0.1, 0.15) is 18.4 Å². The molecule has 0 aliphatic heterocycles. The quantitative estimate of drug-likeness (QED) is 0.649. The Morgan fingerprint density at radius 1 is 1.54 bits per heavy atom. The Bertz CT molecular complexity index is 307. The molecule has 0 spiro atoms. The topological polar surface area (TPSA) is 9.23 Å². The summed E-state index contributed by atoms with van der Waals surface area (Å²) in [6.45, 7) is 5.52.